The van der Waals surface area contributed by atoms with Crippen molar-refractivity contribution in [2.75, 3.05) is 19.8 Å². The van der Waals surface area contributed by atoms with E-state index in [9.17, 15) is 22.0 Å². The Bertz CT molecular complexity index is 838. The van der Waals surface area contributed by atoms with Crippen molar-refractivity contribution in [1.29, 1.82) is 0 Å². The van der Waals surface area contributed by atoms with Gasteiger partial charge >= 0.3 is 5.97 Å². The van der Waals surface area contributed by atoms with E-state index in [1.54, 1.807) is 6.92 Å². The van der Waals surface area contributed by atoms with Crippen LogP contribution in [0.2, 0.25) is 0 Å². The predicted molar refractivity (Wildman–Crippen MR) is 91.4 cm³/mol. The summed E-state index contributed by atoms with van der Waals surface area (Å²) in [4.78, 5) is 12.4. The van der Waals surface area contributed by atoms with E-state index in [0.29, 0.717) is 13.2 Å². The van der Waals surface area contributed by atoms with Crippen LogP contribution in [0.15, 0.2) is 29.8 Å². The molecular weight excluding hydrogens is 382 g/mol. The SMILES string of the molecule is CCOC(=O)C1=CC2(CCC1S(=O)(=O)Cc1c(F)cccc1F)OCCO2. The maximum atomic E-state index is 13.9. The molecule has 0 aromatic heterocycles. The maximum absolute atomic E-state index is 13.9. The van der Waals surface area contributed by atoms with Gasteiger partial charge in [-0.25, -0.2) is 22.0 Å². The minimum Gasteiger partial charge on any atom is -0.463 e. The van der Waals surface area contributed by atoms with Gasteiger partial charge in [-0.1, -0.05) is 6.07 Å². The van der Waals surface area contributed by atoms with Crippen LogP contribution in [0.1, 0.15) is 25.3 Å². The lowest BCUT2D eigenvalue weighted by molar-refractivity contribution is -0.143. The van der Waals surface area contributed by atoms with Crippen LogP contribution in [0.4, 0.5) is 8.78 Å². The third-order valence-corrected chi connectivity index (χ3v) is 6.65. The van der Waals surface area contributed by atoms with Gasteiger partial charge in [-0.15, -0.1) is 0 Å². The number of halogens is 2. The van der Waals surface area contributed by atoms with Crippen LogP contribution in [0.5, 0.6) is 0 Å². The molecule has 3 rings (SSSR count). The van der Waals surface area contributed by atoms with Gasteiger partial charge in [0.05, 0.1) is 36.4 Å². The maximum Gasteiger partial charge on any atom is 0.335 e. The van der Waals surface area contributed by atoms with Gasteiger partial charge in [0.2, 0.25) is 0 Å². The number of hydrogen-bond acceptors (Lipinski definition) is 6. The van der Waals surface area contributed by atoms with E-state index in [1.165, 1.54) is 6.08 Å². The molecule has 1 spiro atoms. The van der Waals surface area contributed by atoms with Crippen LogP contribution >= 0.6 is 0 Å². The number of ether oxygens (including phenoxy) is 3. The summed E-state index contributed by atoms with van der Waals surface area (Å²) < 4.78 is 69.7. The van der Waals surface area contributed by atoms with E-state index in [1.807, 2.05) is 0 Å². The molecule has 0 radical (unpaired) electrons. The summed E-state index contributed by atoms with van der Waals surface area (Å²) in [5.74, 6) is -4.72. The molecule has 0 saturated carbocycles. The summed E-state index contributed by atoms with van der Waals surface area (Å²) >= 11 is 0. The zero-order valence-electron chi connectivity index (χ0n) is 14.7. The molecule has 1 heterocycles. The van der Waals surface area contributed by atoms with Crippen molar-refractivity contribution >= 4 is 15.8 Å². The summed E-state index contributed by atoms with van der Waals surface area (Å²) in [6, 6.07) is 3.14. The highest BCUT2D eigenvalue weighted by Gasteiger charge is 2.46. The van der Waals surface area contributed by atoms with Gasteiger partial charge in [0.1, 0.15) is 11.6 Å². The monoisotopic (exact) mass is 402 g/mol. The predicted octanol–water partition coefficient (Wildman–Crippen LogP) is 2.27. The fourth-order valence-corrected chi connectivity index (χ4v) is 5.25. The number of sulfone groups is 1. The number of carbonyl (C=O) groups is 1. The zero-order valence-corrected chi connectivity index (χ0v) is 15.6. The van der Waals surface area contributed by atoms with E-state index < -0.39 is 49.8 Å². The van der Waals surface area contributed by atoms with Crippen molar-refractivity contribution < 1.29 is 36.2 Å². The van der Waals surface area contributed by atoms with Crippen LogP contribution in [0.25, 0.3) is 0 Å². The van der Waals surface area contributed by atoms with Gasteiger partial charge in [-0.2, -0.15) is 0 Å². The molecule has 0 amide bonds. The second kappa shape index (κ2) is 7.65. The van der Waals surface area contributed by atoms with E-state index in [2.05, 4.69) is 0 Å². The molecule has 148 valence electrons. The average molecular weight is 402 g/mol. The molecule has 0 bridgehead atoms. The summed E-state index contributed by atoms with van der Waals surface area (Å²) in [6.07, 6.45) is 1.56. The van der Waals surface area contributed by atoms with Crippen LogP contribution < -0.4 is 0 Å². The van der Waals surface area contributed by atoms with E-state index in [0.717, 1.165) is 18.2 Å². The Hall–Kier alpha value is -1.84. The first-order valence-corrected chi connectivity index (χ1v) is 10.3. The number of esters is 1. The smallest absolute Gasteiger partial charge is 0.335 e. The molecule has 1 aliphatic heterocycles. The van der Waals surface area contributed by atoms with Crippen LogP contribution in [-0.4, -0.2) is 45.2 Å². The Balaban J connectivity index is 1.96. The number of carbonyl (C=O) groups excluding carboxylic acids is 1. The van der Waals surface area contributed by atoms with Crippen molar-refractivity contribution in [1.82, 2.24) is 0 Å². The fraction of sp³-hybridized carbons (Fsp3) is 0.500. The average Bonchev–Trinajstić information content (AvgIpc) is 3.06. The lowest BCUT2D eigenvalue weighted by Crippen LogP contribution is -2.41. The molecule has 1 atom stereocenters. The van der Waals surface area contributed by atoms with Gasteiger partial charge in [-0.05, 0) is 31.6 Å². The number of hydrogen-bond donors (Lipinski definition) is 0. The Morgan fingerprint density at radius 1 is 1.26 bits per heavy atom. The summed E-state index contributed by atoms with van der Waals surface area (Å²) in [5, 5.41) is -1.26. The minimum absolute atomic E-state index is 0.0169. The molecule has 1 saturated heterocycles. The first-order valence-electron chi connectivity index (χ1n) is 8.60. The first-order chi connectivity index (χ1) is 12.8. The molecule has 6 nitrogen and oxygen atoms in total. The van der Waals surface area contributed by atoms with Crippen LogP contribution in [0.3, 0.4) is 0 Å². The van der Waals surface area contributed by atoms with Gasteiger partial charge in [0, 0.05) is 12.0 Å². The molecule has 9 heteroatoms. The van der Waals surface area contributed by atoms with Crippen LogP contribution in [0, 0.1) is 11.6 Å². The second-order valence-corrected chi connectivity index (χ2v) is 8.55. The van der Waals surface area contributed by atoms with E-state index in [4.69, 9.17) is 14.2 Å². The molecular formula is C18H20F2O6S. The lowest BCUT2D eigenvalue weighted by atomic mass is 9.94. The van der Waals surface area contributed by atoms with Gasteiger partial charge in [-0.3, -0.25) is 0 Å². The third-order valence-electron chi connectivity index (χ3n) is 4.61. The largest absolute Gasteiger partial charge is 0.463 e. The first kappa shape index (κ1) is 19.9. The van der Waals surface area contributed by atoms with Crippen molar-refractivity contribution in [3.8, 4) is 0 Å². The molecule has 1 aromatic rings. The topological polar surface area (TPSA) is 78.9 Å². The molecule has 0 N–H and O–H groups in total. The van der Waals surface area contributed by atoms with Gasteiger partial charge < -0.3 is 14.2 Å². The number of rotatable bonds is 5. The van der Waals surface area contributed by atoms with Crippen molar-refractivity contribution in [3.05, 3.63) is 47.0 Å². The molecule has 1 aromatic carbocycles. The Labute approximate surface area is 156 Å². The summed E-state index contributed by atoms with van der Waals surface area (Å²) in [6.45, 7) is 2.30. The van der Waals surface area contributed by atoms with E-state index >= 15 is 0 Å². The van der Waals surface area contributed by atoms with Crippen molar-refractivity contribution in [2.45, 2.75) is 36.6 Å². The van der Waals surface area contributed by atoms with Crippen molar-refractivity contribution in [2.24, 2.45) is 0 Å². The van der Waals surface area contributed by atoms with Crippen LogP contribution in [-0.2, 0) is 34.6 Å². The standard InChI is InChI=1S/C18H20F2O6S/c1-2-24-17(21)12-10-18(25-8-9-26-18)7-6-16(12)27(22,23)11-13-14(19)4-3-5-15(13)20/h3-5,10,16H,2,6-9,11H2,1H3. The Morgan fingerprint density at radius 3 is 2.48 bits per heavy atom. The highest BCUT2D eigenvalue weighted by molar-refractivity contribution is 7.91. The van der Waals surface area contributed by atoms with E-state index in [-0.39, 0.29) is 25.0 Å². The number of benzene rings is 1. The van der Waals surface area contributed by atoms with Gasteiger partial charge in [0.15, 0.2) is 15.6 Å². The summed E-state index contributed by atoms with van der Waals surface area (Å²) in [7, 11) is -4.10. The molecule has 1 fully saturated rings. The third kappa shape index (κ3) is 4.04. The zero-order chi connectivity index (χ0) is 19.7. The molecule has 1 aliphatic carbocycles. The Morgan fingerprint density at radius 2 is 1.89 bits per heavy atom. The summed E-state index contributed by atoms with van der Waals surface area (Å²) in [5.41, 5.74) is -0.670. The molecule has 27 heavy (non-hydrogen) atoms. The second-order valence-electron chi connectivity index (χ2n) is 6.36. The normalized spacial score (nSPS) is 21.9. The molecule has 2 aliphatic rings. The fourth-order valence-electron chi connectivity index (χ4n) is 3.34. The minimum atomic E-state index is -4.10. The highest BCUT2D eigenvalue weighted by Crippen LogP contribution is 2.38. The molecule has 1 unspecified atom stereocenters. The lowest BCUT2D eigenvalue weighted by Gasteiger charge is -2.33. The highest BCUT2D eigenvalue weighted by atomic mass is 32.2. The Kier molecular flexibility index (Phi) is 5.64. The van der Waals surface area contributed by atoms with Crippen molar-refractivity contribution in [3.63, 3.8) is 0 Å². The quantitative estimate of drug-likeness (QED) is 0.703. The van der Waals surface area contributed by atoms with Gasteiger partial charge in [0.25, 0.3) is 0 Å².